The maximum Gasteiger partial charge on any atom is 0.314 e. The number of hydrogen-bond acceptors (Lipinski definition) is 3. The molecule has 1 rings (SSSR count). The molecule has 6 nitrogen and oxygen atoms in total. The van der Waals surface area contributed by atoms with Gasteiger partial charge in [0, 0.05) is 26.1 Å². The fourth-order valence-electron chi connectivity index (χ4n) is 2.25. The molecule has 2 atom stereocenters. The van der Waals surface area contributed by atoms with Gasteiger partial charge in [0.15, 0.2) is 0 Å². The summed E-state index contributed by atoms with van der Waals surface area (Å²) in [7, 11) is 0. The molecule has 0 aliphatic carbocycles. The minimum atomic E-state index is -0.771. The molecule has 0 bridgehead atoms. The molecule has 2 amide bonds. The number of amides is 2. The Labute approximate surface area is 120 Å². The van der Waals surface area contributed by atoms with Crippen LogP contribution >= 0.6 is 0 Å². The van der Waals surface area contributed by atoms with Gasteiger partial charge in [0.1, 0.15) is 0 Å². The van der Waals surface area contributed by atoms with Crippen LogP contribution in [0.4, 0.5) is 4.79 Å². The normalized spacial score (nSPS) is 23.3. The number of carboxylic acid groups (broad SMARTS) is 1. The monoisotopic (exact) mass is 286 g/mol. The Morgan fingerprint density at radius 1 is 1.35 bits per heavy atom. The van der Waals surface area contributed by atoms with Crippen molar-refractivity contribution in [2.45, 2.75) is 51.6 Å². The van der Waals surface area contributed by atoms with E-state index in [2.05, 4.69) is 10.6 Å². The van der Waals surface area contributed by atoms with E-state index < -0.39 is 5.97 Å². The van der Waals surface area contributed by atoms with Gasteiger partial charge in [-0.2, -0.15) is 0 Å². The average Bonchev–Trinajstić information content (AvgIpc) is 2.81. The van der Waals surface area contributed by atoms with Crippen LogP contribution in [0.2, 0.25) is 0 Å². The molecule has 1 saturated heterocycles. The molecule has 6 heteroatoms. The fraction of sp³-hybridized carbons (Fsp3) is 0.857. The number of aliphatic carboxylic acids is 1. The highest BCUT2D eigenvalue weighted by atomic mass is 16.5. The Balaban J connectivity index is 2.06. The van der Waals surface area contributed by atoms with Gasteiger partial charge in [-0.15, -0.1) is 0 Å². The third kappa shape index (κ3) is 6.75. The third-order valence-corrected chi connectivity index (χ3v) is 3.70. The first kappa shape index (κ1) is 16.8. The zero-order valence-electron chi connectivity index (χ0n) is 12.4. The van der Waals surface area contributed by atoms with Gasteiger partial charge in [0.05, 0.1) is 5.60 Å². The lowest BCUT2D eigenvalue weighted by atomic mass is 10.0. The van der Waals surface area contributed by atoms with E-state index in [1.54, 1.807) is 0 Å². The van der Waals surface area contributed by atoms with Crippen LogP contribution in [0, 0.1) is 5.92 Å². The van der Waals surface area contributed by atoms with Crippen LogP contribution in [-0.2, 0) is 9.53 Å². The number of ether oxygens (including phenoxy) is 1. The van der Waals surface area contributed by atoms with Crippen molar-refractivity contribution in [3.05, 3.63) is 0 Å². The molecule has 0 saturated carbocycles. The maximum atomic E-state index is 11.6. The lowest BCUT2D eigenvalue weighted by molar-refractivity contribution is -0.137. The predicted octanol–water partition coefficient (Wildman–Crippen LogP) is 1.75. The van der Waals surface area contributed by atoms with E-state index in [4.69, 9.17) is 9.84 Å². The molecule has 2 unspecified atom stereocenters. The second kappa shape index (κ2) is 8.09. The second-order valence-corrected chi connectivity index (χ2v) is 5.84. The molecule has 1 fully saturated rings. The van der Waals surface area contributed by atoms with Crippen molar-refractivity contribution in [2.24, 2.45) is 5.92 Å². The van der Waals surface area contributed by atoms with Crippen LogP contribution < -0.4 is 10.6 Å². The van der Waals surface area contributed by atoms with Crippen LogP contribution in [0.1, 0.15) is 46.0 Å². The summed E-state index contributed by atoms with van der Waals surface area (Å²) in [5.41, 5.74) is -0.230. The van der Waals surface area contributed by atoms with Crippen molar-refractivity contribution >= 4 is 12.0 Å². The molecule has 0 aromatic heterocycles. The fourth-order valence-corrected chi connectivity index (χ4v) is 2.25. The molecule has 116 valence electrons. The molecule has 1 heterocycles. The first-order chi connectivity index (χ1) is 9.41. The van der Waals surface area contributed by atoms with Crippen LogP contribution in [0.15, 0.2) is 0 Å². The van der Waals surface area contributed by atoms with Crippen molar-refractivity contribution in [3.8, 4) is 0 Å². The number of carboxylic acids is 1. The number of rotatable bonds is 8. The van der Waals surface area contributed by atoms with Gasteiger partial charge >= 0.3 is 12.0 Å². The second-order valence-electron chi connectivity index (χ2n) is 5.84. The maximum absolute atomic E-state index is 11.6. The quantitative estimate of drug-likeness (QED) is 0.634. The first-order valence-electron chi connectivity index (χ1n) is 7.29. The molecular formula is C14H26N2O4. The summed E-state index contributed by atoms with van der Waals surface area (Å²) in [6.07, 6.45) is 3.63. The smallest absolute Gasteiger partial charge is 0.314 e. The molecule has 0 aromatic carbocycles. The minimum absolute atomic E-state index is 0.184. The highest BCUT2D eigenvalue weighted by molar-refractivity contribution is 5.73. The third-order valence-electron chi connectivity index (χ3n) is 3.70. The number of hydrogen-bond donors (Lipinski definition) is 3. The number of urea groups is 1. The minimum Gasteiger partial charge on any atom is -0.481 e. The molecule has 1 aliphatic heterocycles. The molecule has 0 aromatic rings. The SMILES string of the molecule is CC(CCNC(=O)NCC1(C)CCCO1)CCC(=O)O. The summed E-state index contributed by atoms with van der Waals surface area (Å²) in [5.74, 6) is -0.477. The van der Waals surface area contributed by atoms with Crippen molar-refractivity contribution < 1.29 is 19.4 Å². The zero-order valence-corrected chi connectivity index (χ0v) is 12.4. The van der Waals surface area contributed by atoms with Gasteiger partial charge in [-0.1, -0.05) is 6.92 Å². The zero-order chi connectivity index (χ0) is 15.0. The Morgan fingerprint density at radius 2 is 2.10 bits per heavy atom. The lowest BCUT2D eigenvalue weighted by Crippen LogP contribution is -2.44. The van der Waals surface area contributed by atoms with Gasteiger partial charge in [0.25, 0.3) is 0 Å². The highest BCUT2D eigenvalue weighted by Gasteiger charge is 2.29. The van der Waals surface area contributed by atoms with Gasteiger partial charge in [-0.05, 0) is 38.5 Å². The van der Waals surface area contributed by atoms with Crippen LogP contribution in [-0.4, -0.2) is 42.4 Å². The number of nitrogens with one attached hydrogen (secondary N) is 2. The van der Waals surface area contributed by atoms with Gasteiger partial charge in [-0.3, -0.25) is 4.79 Å². The van der Waals surface area contributed by atoms with E-state index in [1.807, 2.05) is 13.8 Å². The van der Waals surface area contributed by atoms with E-state index in [0.717, 1.165) is 25.9 Å². The van der Waals surface area contributed by atoms with Crippen LogP contribution in [0.5, 0.6) is 0 Å². The molecule has 0 radical (unpaired) electrons. The summed E-state index contributed by atoms with van der Waals surface area (Å²) in [6, 6.07) is -0.188. The summed E-state index contributed by atoms with van der Waals surface area (Å²) >= 11 is 0. The Hall–Kier alpha value is -1.30. The van der Waals surface area contributed by atoms with Crippen molar-refractivity contribution in [1.82, 2.24) is 10.6 Å². The lowest BCUT2D eigenvalue weighted by Gasteiger charge is -2.23. The van der Waals surface area contributed by atoms with E-state index in [-0.39, 0.29) is 18.1 Å². The van der Waals surface area contributed by atoms with E-state index in [9.17, 15) is 9.59 Å². The van der Waals surface area contributed by atoms with Crippen molar-refractivity contribution in [1.29, 1.82) is 0 Å². The number of carbonyl (C=O) groups is 2. The first-order valence-corrected chi connectivity index (χ1v) is 7.29. The predicted molar refractivity (Wildman–Crippen MR) is 75.6 cm³/mol. The molecule has 1 aliphatic rings. The highest BCUT2D eigenvalue weighted by Crippen LogP contribution is 2.23. The molecule has 20 heavy (non-hydrogen) atoms. The summed E-state index contributed by atoms with van der Waals surface area (Å²) in [5, 5.41) is 14.2. The topological polar surface area (TPSA) is 87.7 Å². The van der Waals surface area contributed by atoms with E-state index in [1.165, 1.54) is 0 Å². The Morgan fingerprint density at radius 3 is 2.70 bits per heavy atom. The van der Waals surface area contributed by atoms with E-state index in [0.29, 0.717) is 25.4 Å². The summed E-state index contributed by atoms with van der Waals surface area (Å²) < 4.78 is 5.59. The summed E-state index contributed by atoms with van der Waals surface area (Å²) in [6.45, 7) is 5.85. The van der Waals surface area contributed by atoms with Gasteiger partial charge < -0.3 is 20.5 Å². The molecule has 3 N–H and O–H groups in total. The molecule has 0 spiro atoms. The molecular weight excluding hydrogens is 260 g/mol. The summed E-state index contributed by atoms with van der Waals surface area (Å²) in [4.78, 5) is 22.1. The standard InChI is InChI=1S/C14H26N2O4/c1-11(4-5-12(17)18)6-8-15-13(19)16-10-14(2)7-3-9-20-14/h11H,3-10H2,1-2H3,(H,17,18)(H2,15,16,19). The van der Waals surface area contributed by atoms with Crippen LogP contribution in [0.25, 0.3) is 0 Å². The van der Waals surface area contributed by atoms with E-state index >= 15 is 0 Å². The largest absolute Gasteiger partial charge is 0.481 e. The Kier molecular flexibility index (Phi) is 6.78. The van der Waals surface area contributed by atoms with Crippen LogP contribution in [0.3, 0.4) is 0 Å². The van der Waals surface area contributed by atoms with Gasteiger partial charge in [0.2, 0.25) is 0 Å². The van der Waals surface area contributed by atoms with Crippen molar-refractivity contribution in [3.63, 3.8) is 0 Å². The van der Waals surface area contributed by atoms with Crippen molar-refractivity contribution in [2.75, 3.05) is 19.7 Å². The Bertz CT molecular complexity index is 327. The number of carbonyl (C=O) groups excluding carboxylic acids is 1. The van der Waals surface area contributed by atoms with Gasteiger partial charge in [-0.25, -0.2) is 4.79 Å². The average molecular weight is 286 g/mol.